The Balaban J connectivity index is 1.59. The third-order valence-corrected chi connectivity index (χ3v) is 7.53. The van der Waals surface area contributed by atoms with Crippen LogP contribution in [0.2, 0.25) is 0 Å². The Morgan fingerprint density at radius 3 is 2.50 bits per heavy atom. The summed E-state index contributed by atoms with van der Waals surface area (Å²) in [5.41, 5.74) is 2.15. The van der Waals surface area contributed by atoms with Crippen molar-refractivity contribution in [2.75, 3.05) is 6.61 Å². The van der Waals surface area contributed by atoms with Crippen molar-refractivity contribution in [2.45, 2.75) is 19.9 Å². The number of fused-ring (bicyclic) bond motifs is 1. The Morgan fingerprint density at radius 1 is 1.13 bits per heavy atom. The molecule has 1 aliphatic heterocycles. The summed E-state index contributed by atoms with van der Waals surface area (Å²) in [6.07, 6.45) is 1.64. The number of carbonyl (C=O) groups excluding carboxylic acids is 1. The van der Waals surface area contributed by atoms with E-state index in [0.29, 0.717) is 37.7 Å². The van der Waals surface area contributed by atoms with Gasteiger partial charge in [0.1, 0.15) is 11.5 Å². The first-order valence-corrected chi connectivity index (χ1v) is 13.3. The summed E-state index contributed by atoms with van der Waals surface area (Å²) in [5, 5.41) is 9.11. The number of nitrogens with zero attached hydrogens (tertiary/aromatic N) is 2. The van der Waals surface area contributed by atoms with E-state index in [4.69, 9.17) is 14.3 Å². The Bertz CT molecular complexity index is 1760. The lowest BCUT2D eigenvalue weighted by Gasteiger charge is -2.24. The summed E-state index contributed by atoms with van der Waals surface area (Å²) in [5.74, 6) is -0.529. The molecule has 4 aromatic rings. The van der Waals surface area contributed by atoms with Gasteiger partial charge in [-0.3, -0.25) is 9.36 Å². The highest BCUT2D eigenvalue weighted by Gasteiger charge is 2.33. The molecule has 1 aliphatic rings. The number of carboxylic acids is 1. The number of thiazole rings is 1. The van der Waals surface area contributed by atoms with Crippen molar-refractivity contribution in [2.24, 2.45) is 4.99 Å². The molecule has 3 heterocycles. The Morgan fingerprint density at radius 2 is 1.84 bits per heavy atom. The first-order chi connectivity index (χ1) is 18.3. The molecule has 0 bridgehead atoms. The van der Waals surface area contributed by atoms with Gasteiger partial charge in [-0.05, 0) is 55.8 Å². The summed E-state index contributed by atoms with van der Waals surface area (Å²) >= 11 is 4.64. The first kappa shape index (κ1) is 25.6. The molecule has 0 saturated carbocycles. The third-order valence-electron chi connectivity index (χ3n) is 6.02. The SMILES string of the molecule is CCOC(=O)C1=C(C)N=c2s/c(=C\c3ccc(-c4ccc(C(=O)O)cc4)o3)c(=O)n2[C@H]1c1ccc(Br)cc1. The minimum atomic E-state index is -1.00. The smallest absolute Gasteiger partial charge is 0.338 e. The molecule has 8 nitrogen and oxygen atoms in total. The summed E-state index contributed by atoms with van der Waals surface area (Å²) in [6.45, 7) is 3.67. The number of aromatic nitrogens is 1. The van der Waals surface area contributed by atoms with Crippen LogP contribution in [0.25, 0.3) is 17.4 Å². The van der Waals surface area contributed by atoms with Crippen LogP contribution in [0, 0.1) is 0 Å². The van der Waals surface area contributed by atoms with Gasteiger partial charge in [-0.25, -0.2) is 14.6 Å². The van der Waals surface area contributed by atoms with Crippen LogP contribution in [-0.4, -0.2) is 28.2 Å². The lowest BCUT2D eigenvalue weighted by Crippen LogP contribution is -2.39. The van der Waals surface area contributed by atoms with E-state index in [1.54, 1.807) is 44.2 Å². The van der Waals surface area contributed by atoms with Crippen molar-refractivity contribution in [3.05, 3.63) is 113 Å². The highest BCUT2D eigenvalue weighted by molar-refractivity contribution is 9.10. The molecule has 192 valence electrons. The lowest BCUT2D eigenvalue weighted by molar-refractivity contribution is -0.139. The van der Waals surface area contributed by atoms with Crippen LogP contribution >= 0.6 is 27.3 Å². The Hall–Kier alpha value is -4.02. The molecule has 0 radical (unpaired) electrons. The van der Waals surface area contributed by atoms with Crippen LogP contribution in [0.4, 0.5) is 0 Å². The van der Waals surface area contributed by atoms with Gasteiger partial charge in [-0.1, -0.05) is 51.5 Å². The van der Waals surface area contributed by atoms with Crippen LogP contribution in [0.3, 0.4) is 0 Å². The van der Waals surface area contributed by atoms with Crippen molar-refractivity contribution in [1.29, 1.82) is 0 Å². The van der Waals surface area contributed by atoms with Crippen LogP contribution < -0.4 is 14.9 Å². The van der Waals surface area contributed by atoms with Gasteiger partial charge >= 0.3 is 11.9 Å². The van der Waals surface area contributed by atoms with Gasteiger partial charge in [0.2, 0.25) is 0 Å². The normalized spacial score (nSPS) is 15.2. The van der Waals surface area contributed by atoms with Crippen molar-refractivity contribution in [3.63, 3.8) is 0 Å². The molecular formula is C28H21BrN2O6S. The zero-order chi connectivity index (χ0) is 27.0. The minimum Gasteiger partial charge on any atom is -0.478 e. The number of halogens is 1. The second kappa shape index (κ2) is 10.4. The van der Waals surface area contributed by atoms with Gasteiger partial charge in [0.25, 0.3) is 5.56 Å². The van der Waals surface area contributed by atoms with E-state index in [1.807, 2.05) is 24.3 Å². The molecule has 0 fully saturated rings. The van der Waals surface area contributed by atoms with E-state index in [9.17, 15) is 14.4 Å². The second-order valence-electron chi connectivity index (χ2n) is 8.44. The number of benzene rings is 2. The number of ether oxygens (including phenoxy) is 1. The number of carbonyl (C=O) groups is 2. The zero-order valence-electron chi connectivity index (χ0n) is 20.3. The van der Waals surface area contributed by atoms with E-state index in [1.165, 1.54) is 28.0 Å². The van der Waals surface area contributed by atoms with Gasteiger partial charge in [0, 0.05) is 16.1 Å². The maximum atomic E-state index is 13.7. The molecule has 0 saturated heterocycles. The molecule has 0 amide bonds. The molecule has 38 heavy (non-hydrogen) atoms. The molecular weight excluding hydrogens is 572 g/mol. The van der Waals surface area contributed by atoms with E-state index >= 15 is 0 Å². The molecule has 2 aromatic carbocycles. The summed E-state index contributed by atoms with van der Waals surface area (Å²) in [4.78, 5) is 42.8. The number of hydrogen-bond acceptors (Lipinski definition) is 7. The number of esters is 1. The van der Waals surface area contributed by atoms with Gasteiger partial charge in [0.05, 0.1) is 34.0 Å². The van der Waals surface area contributed by atoms with E-state index < -0.39 is 18.0 Å². The molecule has 2 aromatic heterocycles. The predicted octanol–water partition coefficient (Wildman–Crippen LogP) is 4.52. The van der Waals surface area contributed by atoms with Crippen LogP contribution in [0.15, 0.2) is 90.6 Å². The molecule has 5 rings (SSSR count). The summed E-state index contributed by atoms with van der Waals surface area (Å²) < 4.78 is 14.0. The van der Waals surface area contributed by atoms with E-state index in [0.717, 1.165) is 10.0 Å². The van der Waals surface area contributed by atoms with Crippen LogP contribution in [0.5, 0.6) is 0 Å². The lowest BCUT2D eigenvalue weighted by atomic mass is 9.96. The van der Waals surface area contributed by atoms with Crippen molar-refractivity contribution >= 4 is 45.3 Å². The molecule has 10 heteroatoms. The largest absolute Gasteiger partial charge is 0.478 e. The van der Waals surface area contributed by atoms with Crippen LogP contribution in [0.1, 0.15) is 41.6 Å². The van der Waals surface area contributed by atoms with Gasteiger partial charge in [0.15, 0.2) is 4.80 Å². The molecule has 0 spiro atoms. The van der Waals surface area contributed by atoms with Crippen molar-refractivity contribution in [1.82, 2.24) is 4.57 Å². The molecule has 0 aliphatic carbocycles. The van der Waals surface area contributed by atoms with Gasteiger partial charge < -0.3 is 14.3 Å². The monoisotopic (exact) mass is 592 g/mol. The zero-order valence-corrected chi connectivity index (χ0v) is 22.7. The van der Waals surface area contributed by atoms with E-state index in [2.05, 4.69) is 20.9 Å². The number of carboxylic acid groups (broad SMARTS) is 1. The minimum absolute atomic E-state index is 0.180. The fourth-order valence-corrected chi connectivity index (χ4v) is 5.53. The molecule has 0 unspecified atom stereocenters. The molecule has 1 atom stereocenters. The second-order valence-corrected chi connectivity index (χ2v) is 10.4. The standard InChI is InChI=1S/C28H21BrN2O6S/c1-3-36-27(35)23-15(2)30-28-31(24(23)17-8-10-19(29)11-9-17)25(32)22(38-28)14-20-12-13-21(37-20)16-4-6-18(7-5-16)26(33)34/h4-14,24H,3H2,1-2H3,(H,33,34)/b22-14-/t24-/m0/s1. The number of furan rings is 1. The third kappa shape index (κ3) is 4.80. The molecule has 1 N–H and O–H groups in total. The number of allylic oxidation sites excluding steroid dienone is 1. The number of hydrogen-bond donors (Lipinski definition) is 1. The summed E-state index contributed by atoms with van der Waals surface area (Å²) in [7, 11) is 0. The van der Waals surface area contributed by atoms with Crippen molar-refractivity contribution < 1.29 is 23.8 Å². The Kier molecular flexibility index (Phi) is 7.00. The average Bonchev–Trinajstić information content (AvgIpc) is 3.48. The highest BCUT2D eigenvalue weighted by Crippen LogP contribution is 2.31. The average molecular weight is 593 g/mol. The number of aromatic carboxylic acids is 1. The predicted molar refractivity (Wildman–Crippen MR) is 146 cm³/mol. The van der Waals surface area contributed by atoms with Crippen molar-refractivity contribution in [3.8, 4) is 11.3 Å². The highest BCUT2D eigenvalue weighted by atomic mass is 79.9. The summed E-state index contributed by atoms with van der Waals surface area (Å²) in [6, 6.07) is 16.6. The van der Waals surface area contributed by atoms with Gasteiger partial charge in [-0.2, -0.15) is 0 Å². The van der Waals surface area contributed by atoms with E-state index in [-0.39, 0.29) is 17.7 Å². The van der Waals surface area contributed by atoms with Crippen LogP contribution in [-0.2, 0) is 9.53 Å². The maximum Gasteiger partial charge on any atom is 0.338 e. The first-order valence-electron chi connectivity index (χ1n) is 11.7. The van der Waals surface area contributed by atoms with Gasteiger partial charge in [-0.15, -0.1) is 0 Å². The fourth-order valence-electron chi connectivity index (χ4n) is 4.24. The fraction of sp³-hybridized carbons (Fsp3) is 0.143. The quantitative estimate of drug-likeness (QED) is 0.329. The topological polar surface area (TPSA) is 111 Å². The Labute approximate surface area is 229 Å². The number of rotatable bonds is 6. The maximum absolute atomic E-state index is 13.7.